The van der Waals surface area contributed by atoms with E-state index in [1.807, 2.05) is 30.3 Å². The van der Waals surface area contributed by atoms with Gasteiger partial charge in [-0.25, -0.2) is 0 Å². The highest BCUT2D eigenvalue weighted by Crippen LogP contribution is 2.27. The lowest BCUT2D eigenvalue weighted by molar-refractivity contribution is 0.281. The predicted octanol–water partition coefficient (Wildman–Crippen LogP) is 2.90. The van der Waals surface area contributed by atoms with E-state index >= 15 is 0 Å². The van der Waals surface area contributed by atoms with Gasteiger partial charge in [-0.2, -0.15) is 0 Å². The van der Waals surface area contributed by atoms with E-state index in [9.17, 15) is 0 Å². The summed E-state index contributed by atoms with van der Waals surface area (Å²) < 4.78 is 16.4. The molecule has 2 N–H and O–H groups in total. The van der Waals surface area contributed by atoms with Crippen molar-refractivity contribution in [3.05, 3.63) is 53.6 Å². The van der Waals surface area contributed by atoms with Gasteiger partial charge < -0.3 is 29.7 Å². The van der Waals surface area contributed by atoms with E-state index in [2.05, 4.69) is 46.8 Å². The number of rotatable bonds is 11. The van der Waals surface area contributed by atoms with Crippen LogP contribution in [0, 0.1) is 0 Å². The van der Waals surface area contributed by atoms with E-state index in [1.54, 1.807) is 21.3 Å². The summed E-state index contributed by atoms with van der Waals surface area (Å²) in [6, 6.07) is 14.0. The van der Waals surface area contributed by atoms with Crippen molar-refractivity contribution >= 4 is 5.96 Å². The zero-order chi connectivity index (χ0) is 21.8. The molecule has 0 fully saturated rings. The molecule has 0 saturated carbocycles. The second-order valence-corrected chi connectivity index (χ2v) is 7.12. The molecule has 0 amide bonds. The fourth-order valence-corrected chi connectivity index (χ4v) is 2.86. The van der Waals surface area contributed by atoms with Crippen molar-refractivity contribution in [2.75, 3.05) is 48.5 Å². The Balaban J connectivity index is 1.78. The maximum absolute atomic E-state index is 5.78. The molecule has 0 atom stereocenters. The minimum Gasteiger partial charge on any atom is -0.494 e. The van der Waals surface area contributed by atoms with Crippen molar-refractivity contribution in [2.24, 2.45) is 4.99 Å². The van der Waals surface area contributed by atoms with Gasteiger partial charge >= 0.3 is 0 Å². The predicted molar refractivity (Wildman–Crippen MR) is 122 cm³/mol. The lowest BCUT2D eigenvalue weighted by Crippen LogP contribution is -2.36. The first-order valence-electron chi connectivity index (χ1n) is 10.1. The van der Waals surface area contributed by atoms with Crippen LogP contribution >= 0.6 is 0 Å². The number of hydrogen-bond donors (Lipinski definition) is 2. The van der Waals surface area contributed by atoms with Crippen molar-refractivity contribution in [3.63, 3.8) is 0 Å². The Labute approximate surface area is 180 Å². The molecule has 2 aromatic carbocycles. The van der Waals surface area contributed by atoms with E-state index in [1.165, 1.54) is 0 Å². The second-order valence-electron chi connectivity index (χ2n) is 7.12. The Morgan fingerprint density at radius 3 is 2.13 bits per heavy atom. The number of nitrogens with one attached hydrogen (secondary N) is 2. The third-order valence-corrected chi connectivity index (χ3v) is 4.53. The molecular weight excluding hydrogens is 380 g/mol. The molecule has 0 aromatic heterocycles. The summed E-state index contributed by atoms with van der Waals surface area (Å²) in [6.07, 6.45) is 1.01. The van der Waals surface area contributed by atoms with Gasteiger partial charge in [0, 0.05) is 26.7 Å². The van der Waals surface area contributed by atoms with Gasteiger partial charge in [-0.15, -0.1) is 0 Å². The Morgan fingerprint density at radius 2 is 1.53 bits per heavy atom. The van der Waals surface area contributed by atoms with Gasteiger partial charge in [-0.1, -0.05) is 18.2 Å². The van der Waals surface area contributed by atoms with Crippen molar-refractivity contribution < 1.29 is 14.2 Å². The van der Waals surface area contributed by atoms with Crippen LogP contribution in [0.4, 0.5) is 0 Å². The van der Waals surface area contributed by atoms with E-state index in [-0.39, 0.29) is 0 Å². The van der Waals surface area contributed by atoms with Crippen molar-refractivity contribution in [1.82, 2.24) is 15.5 Å². The molecule has 0 radical (unpaired) electrons. The van der Waals surface area contributed by atoms with Crippen LogP contribution in [0.15, 0.2) is 47.5 Å². The van der Waals surface area contributed by atoms with E-state index in [0.717, 1.165) is 42.4 Å². The van der Waals surface area contributed by atoms with Crippen LogP contribution in [0.25, 0.3) is 0 Å². The molecular formula is C23H34N4O3. The summed E-state index contributed by atoms with van der Waals surface area (Å²) in [5.74, 6) is 3.06. The van der Waals surface area contributed by atoms with Crippen LogP contribution in [0.2, 0.25) is 0 Å². The van der Waals surface area contributed by atoms with Gasteiger partial charge in [0.15, 0.2) is 17.5 Å². The SMILES string of the molecule is CN=C(NCc1ccc(OCCCN(C)C)cc1)NCc1ccc(OC)c(OC)c1. The third-order valence-electron chi connectivity index (χ3n) is 4.53. The number of nitrogens with zero attached hydrogens (tertiary/aromatic N) is 2. The average molecular weight is 415 g/mol. The summed E-state index contributed by atoms with van der Waals surface area (Å²) in [7, 11) is 9.16. The summed E-state index contributed by atoms with van der Waals surface area (Å²) in [6.45, 7) is 3.05. The highest BCUT2D eigenvalue weighted by atomic mass is 16.5. The van der Waals surface area contributed by atoms with E-state index < -0.39 is 0 Å². The standard InChI is InChI=1S/C23H34N4O3/c1-24-23(26-17-19-9-12-21(28-4)22(15-19)29-5)25-16-18-7-10-20(11-8-18)30-14-6-13-27(2)3/h7-12,15H,6,13-14,16-17H2,1-5H3,(H2,24,25,26). The first-order valence-corrected chi connectivity index (χ1v) is 10.1. The van der Waals surface area contributed by atoms with Crippen LogP contribution < -0.4 is 24.8 Å². The molecule has 7 heteroatoms. The fraction of sp³-hybridized carbons (Fsp3) is 0.435. The molecule has 30 heavy (non-hydrogen) atoms. The monoisotopic (exact) mass is 414 g/mol. The molecule has 7 nitrogen and oxygen atoms in total. The van der Waals surface area contributed by atoms with Crippen molar-refractivity contribution in [1.29, 1.82) is 0 Å². The van der Waals surface area contributed by atoms with Crippen LogP contribution in [0.1, 0.15) is 17.5 Å². The molecule has 0 saturated heterocycles. The normalized spacial score (nSPS) is 11.3. The van der Waals surface area contributed by atoms with Gasteiger partial charge in [0.25, 0.3) is 0 Å². The maximum Gasteiger partial charge on any atom is 0.191 e. The molecule has 0 aliphatic heterocycles. The maximum atomic E-state index is 5.78. The van der Waals surface area contributed by atoms with E-state index in [4.69, 9.17) is 14.2 Å². The summed E-state index contributed by atoms with van der Waals surface area (Å²) in [5, 5.41) is 6.64. The number of aliphatic imine (C=N–C) groups is 1. The quantitative estimate of drug-likeness (QED) is 0.335. The first-order chi connectivity index (χ1) is 14.5. The van der Waals surface area contributed by atoms with Gasteiger partial charge in [-0.3, -0.25) is 4.99 Å². The largest absolute Gasteiger partial charge is 0.494 e. The lowest BCUT2D eigenvalue weighted by Gasteiger charge is -2.14. The summed E-state index contributed by atoms with van der Waals surface area (Å²) in [4.78, 5) is 6.44. The molecule has 0 bridgehead atoms. The highest BCUT2D eigenvalue weighted by molar-refractivity contribution is 5.79. The molecule has 2 aromatic rings. The smallest absolute Gasteiger partial charge is 0.191 e. The summed E-state index contributed by atoms with van der Waals surface area (Å²) in [5.41, 5.74) is 2.23. The third kappa shape index (κ3) is 7.83. The average Bonchev–Trinajstić information content (AvgIpc) is 2.77. The molecule has 0 aliphatic carbocycles. The van der Waals surface area contributed by atoms with Crippen molar-refractivity contribution in [2.45, 2.75) is 19.5 Å². The molecule has 0 heterocycles. The minimum atomic E-state index is 0.625. The lowest BCUT2D eigenvalue weighted by atomic mass is 10.2. The highest BCUT2D eigenvalue weighted by Gasteiger charge is 2.05. The fourth-order valence-electron chi connectivity index (χ4n) is 2.86. The topological polar surface area (TPSA) is 67.4 Å². The molecule has 0 unspecified atom stereocenters. The number of guanidine groups is 1. The molecule has 2 rings (SSSR count). The number of methoxy groups -OCH3 is 2. The Hall–Kier alpha value is -2.93. The van der Waals surface area contributed by atoms with Gasteiger partial charge in [0.05, 0.1) is 20.8 Å². The van der Waals surface area contributed by atoms with Gasteiger partial charge in [0.1, 0.15) is 5.75 Å². The first kappa shape index (κ1) is 23.3. The second kappa shape index (κ2) is 12.6. The number of hydrogen-bond acceptors (Lipinski definition) is 5. The molecule has 0 aliphatic rings. The Bertz CT molecular complexity index is 792. The molecule has 0 spiro atoms. The zero-order valence-corrected chi connectivity index (χ0v) is 18.7. The van der Waals surface area contributed by atoms with E-state index in [0.29, 0.717) is 24.6 Å². The Morgan fingerprint density at radius 1 is 0.900 bits per heavy atom. The van der Waals surface area contributed by atoms with Gasteiger partial charge in [-0.05, 0) is 55.9 Å². The Kier molecular flexibility index (Phi) is 9.80. The minimum absolute atomic E-state index is 0.625. The zero-order valence-electron chi connectivity index (χ0n) is 18.7. The molecule has 164 valence electrons. The van der Waals surface area contributed by atoms with Crippen LogP contribution in [-0.4, -0.2) is 59.4 Å². The van der Waals surface area contributed by atoms with Crippen molar-refractivity contribution in [3.8, 4) is 17.2 Å². The van der Waals surface area contributed by atoms with Gasteiger partial charge in [0.2, 0.25) is 0 Å². The number of ether oxygens (including phenoxy) is 3. The van der Waals surface area contributed by atoms with Crippen LogP contribution in [0.5, 0.6) is 17.2 Å². The summed E-state index contributed by atoms with van der Waals surface area (Å²) >= 11 is 0. The van der Waals surface area contributed by atoms with Crippen LogP contribution in [0.3, 0.4) is 0 Å². The van der Waals surface area contributed by atoms with Crippen LogP contribution in [-0.2, 0) is 13.1 Å². The number of benzene rings is 2.